The Morgan fingerprint density at radius 2 is 2.00 bits per heavy atom. The summed E-state index contributed by atoms with van der Waals surface area (Å²) in [6, 6.07) is 0.647. The lowest BCUT2D eigenvalue weighted by Crippen LogP contribution is -2.37. The molecular weight excluding hydrogens is 226 g/mol. The Kier molecular flexibility index (Phi) is 8.59. The van der Waals surface area contributed by atoms with Crippen LogP contribution < -0.4 is 5.73 Å². The lowest BCUT2D eigenvalue weighted by molar-refractivity contribution is 0.139. The fourth-order valence-electron chi connectivity index (χ4n) is 2.61. The molecule has 1 aliphatic rings. The zero-order chi connectivity index (χ0) is 13.2. The van der Waals surface area contributed by atoms with Crippen LogP contribution in [0.2, 0.25) is 0 Å². The third-order valence-electron chi connectivity index (χ3n) is 3.91. The molecule has 2 N–H and O–H groups in total. The second kappa shape index (κ2) is 9.73. The first kappa shape index (κ1) is 15.9. The third-order valence-corrected chi connectivity index (χ3v) is 3.91. The van der Waals surface area contributed by atoms with Crippen LogP contribution in [0.15, 0.2) is 0 Å². The van der Waals surface area contributed by atoms with Crippen molar-refractivity contribution in [3.63, 3.8) is 0 Å². The molecule has 4 nitrogen and oxygen atoms in total. The number of nitrogens with zero attached hydrogens (tertiary/aromatic N) is 2. The molecule has 1 aliphatic heterocycles. The number of hydrogen-bond acceptors (Lipinski definition) is 4. The Morgan fingerprint density at radius 1 is 1.17 bits per heavy atom. The van der Waals surface area contributed by atoms with E-state index in [1.54, 1.807) is 7.11 Å². The van der Waals surface area contributed by atoms with Gasteiger partial charge in [-0.1, -0.05) is 0 Å². The maximum absolute atomic E-state index is 5.54. The van der Waals surface area contributed by atoms with Gasteiger partial charge >= 0.3 is 0 Å². The van der Waals surface area contributed by atoms with Crippen LogP contribution in [0.5, 0.6) is 0 Å². The fraction of sp³-hybridized carbons (Fsp3) is 1.00. The van der Waals surface area contributed by atoms with Crippen molar-refractivity contribution in [2.45, 2.75) is 38.6 Å². The Hall–Kier alpha value is -0.160. The van der Waals surface area contributed by atoms with Gasteiger partial charge in [-0.3, -0.25) is 4.90 Å². The fourth-order valence-corrected chi connectivity index (χ4v) is 2.61. The molecule has 1 atom stereocenters. The van der Waals surface area contributed by atoms with Gasteiger partial charge in [-0.25, -0.2) is 0 Å². The van der Waals surface area contributed by atoms with Crippen LogP contribution >= 0.6 is 0 Å². The third kappa shape index (κ3) is 6.14. The minimum atomic E-state index is 0.647. The lowest BCUT2D eigenvalue weighted by Gasteiger charge is -2.27. The number of rotatable bonds is 8. The van der Waals surface area contributed by atoms with Crippen molar-refractivity contribution in [1.82, 2.24) is 9.80 Å². The molecule has 0 aromatic heterocycles. The van der Waals surface area contributed by atoms with Gasteiger partial charge in [-0.15, -0.1) is 0 Å². The molecule has 1 saturated heterocycles. The number of ether oxygens (including phenoxy) is 1. The molecule has 4 heteroatoms. The summed E-state index contributed by atoms with van der Waals surface area (Å²) in [6.45, 7) is 10.1. The average molecular weight is 257 g/mol. The first-order valence-corrected chi connectivity index (χ1v) is 7.43. The van der Waals surface area contributed by atoms with Gasteiger partial charge in [-0.05, 0) is 58.8 Å². The Morgan fingerprint density at radius 3 is 2.72 bits per heavy atom. The van der Waals surface area contributed by atoms with E-state index in [4.69, 9.17) is 10.5 Å². The number of hydrogen-bond donors (Lipinski definition) is 1. The molecule has 0 aromatic rings. The highest BCUT2D eigenvalue weighted by molar-refractivity contribution is 4.74. The maximum atomic E-state index is 5.54. The largest absolute Gasteiger partial charge is 0.385 e. The minimum Gasteiger partial charge on any atom is -0.385 e. The van der Waals surface area contributed by atoms with Crippen molar-refractivity contribution in [2.24, 2.45) is 5.73 Å². The van der Waals surface area contributed by atoms with Gasteiger partial charge < -0.3 is 15.4 Å². The van der Waals surface area contributed by atoms with E-state index in [1.165, 1.54) is 45.6 Å². The van der Waals surface area contributed by atoms with Gasteiger partial charge in [0, 0.05) is 32.8 Å². The second-order valence-electron chi connectivity index (χ2n) is 5.36. The van der Waals surface area contributed by atoms with Crippen LogP contribution in [0, 0.1) is 0 Å². The van der Waals surface area contributed by atoms with E-state index in [0.717, 1.165) is 26.0 Å². The second-order valence-corrected chi connectivity index (χ2v) is 5.36. The normalized spacial score (nSPS) is 20.8. The quantitative estimate of drug-likeness (QED) is 0.663. The Labute approximate surface area is 112 Å². The van der Waals surface area contributed by atoms with E-state index in [-0.39, 0.29) is 0 Å². The van der Waals surface area contributed by atoms with Crippen LogP contribution in [0.3, 0.4) is 0 Å². The first-order chi connectivity index (χ1) is 8.77. The molecule has 108 valence electrons. The van der Waals surface area contributed by atoms with Crippen LogP contribution in [-0.4, -0.2) is 68.8 Å². The Balaban J connectivity index is 2.22. The van der Waals surface area contributed by atoms with E-state index in [1.807, 2.05) is 0 Å². The van der Waals surface area contributed by atoms with Gasteiger partial charge in [0.15, 0.2) is 0 Å². The Bertz CT molecular complexity index is 201. The van der Waals surface area contributed by atoms with Gasteiger partial charge in [0.25, 0.3) is 0 Å². The highest BCUT2D eigenvalue weighted by atomic mass is 16.5. The molecule has 0 aromatic carbocycles. The van der Waals surface area contributed by atoms with Crippen molar-refractivity contribution in [3.05, 3.63) is 0 Å². The number of unbranched alkanes of at least 4 members (excludes halogenated alkanes) is 1. The SMILES string of the molecule is COCCC(C)N1CCCN(CCCCN)CC1. The predicted molar refractivity (Wildman–Crippen MR) is 76.9 cm³/mol. The van der Waals surface area contributed by atoms with Crippen LogP contribution in [0.25, 0.3) is 0 Å². The summed E-state index contributed by atoms with van der Waals surface area (Å²) in [5, 5.41) is 0. The van der Waals surface area contributed by atoms with Gasteiger partial charge in [0.2, 0.25) is 0 Å². The van der Waals surface area contributed by atoms with Crippen LogP contribution in [0.4, 0.5) is 0 Å². The average Bonchev–Trinajstić information content (AvgIpc) is 2.62. The summed E-state index contributed by atoms with van der Waals surface area (Å²) in [7, 11) is 1.79. The summed E-state index contributed by atoms with van der Waals surface area (Å²) in [4.78, 5) is 5.21. The van der Waals surface area contributed by atoms with Gasteiger partial charge in [0.1, 0.15) is 0 Å². The number of methoxy groups -OCH3 is 1. The van der Waals surface area contributed by atoms with Crippen molar-refractivity contribution in [2.75, 3.05) is 53.0 Å². The molecule has 1 fully saturated rings. The highest BCUT2D eigenvalue weighted by Crippen LogP contribution is 2.10. The van der Waals surface area contributed by atoms with Crippen molar-refractivity contribution < 1.29 is 4.74 Å². The molecule has 1 rings (SSSR count). The molecule has 1 heterocycles. The summed E-state index contributed by atoms with van der Waals surface area (Å²) >= 11 is 0. The van der Waals surface area contributed by atoms with E-state index < -0.39 is 0 Å². The highest BCUT2D eigenvalue weighted by Gasteiger charge is 2.18. The minimum absolute atomic E-state index is 0.647. The van der Waals surface area contributed by atoms with Crippen LogP contribution in [-0.2, 0) is 4.74 Å². The van der Waals surface area contributed by atoms with Crippen LogP contribution in [0.1, 0.15) is 32.6 Å². The summed E-state index contributed by atoms with van der Waals surface area (Å²) in [6.07, 6.45) is 4.84. The molecule has 0 amide bonds. The standard InChI is InChI=1S/C14H31N3O/c1-14(6-13-18-2)17-10-5-9-16(11-12-17)8-4-3-7-15/h14H,3-13,15H2,1-2H3. The van der Waals surface area contributed by atoms with Crippen molar-refractivity contribution >= 4 is 0 Å². The van der Waals surface area contributed by atoms with Gasteiger partial charge in [0.05, 0.1) is 0 Å². The van der Waals surface area contributed by atoms with Crippen molar-refractivity contribution in [1.29, 1.82) is 0 Å². The van der Waals surface area contributed by atoms with Crippen molar-refractivity contribution in [3.8, 4) is 0 Å². The summed E-state index contributed by atoms with van der Waals surface area (Å²) in [5.74, 6) is 0. The molecule has 0 saturated carbocycles. The first-order valence-electron chi connectivity index (χ1n) is 7.43. The molecule has 1 unspecified atom stereocenters. The topological polar surface area (TPSA) is 41.7 Å². The molecule has 0 bridgehead atoms. The van der Waals surface area contributed by atoms with E-state index in [9.17, 15) is 0 Å². The van der Waals surface area contributed by atoms with E-state index in [0.29, 0.717) is 6.04 Å². The lowest BCUT2D eigenvalue weighted by atomic mass is 10.2. The zero-order valence-electron chi connectivity index (χ0n) is 12.2. The number of nitrogens with two attached hydrogens (primary N) is 1. The monoisotopic (exact) mass is 257 g/mol. The molecule has 18 heavy (non-hydrogen) atoms. The van der Waals surface area contributed by atoms with Gasteiger partial charge in [-0.2, -0.15) is 0 Å². The molecule has 0 radical (unpaired) electrons. The summed E-state index contributed by atoms with van der Waals surface area (Å²) < 4.78 is 5.17. The maximum Gasteiger partial charge on any atom is 0.0477 e. The molecular formula is C14H31N3O. The summed E-state index contributed by atoms with van der Waals surface area (Å²) in [5.41, 5.74) is 5.54. The van der Waals surface area contributed by atoms with E-state index in [2.05, 4.69) is 16.7 Å². The predicted octanol–water partition coefficient (Wildman–Crippen LogP) is 1.16. The molecule has 0 spiro atoms. The zero-order valence-corrected chi connectivity index (χ0v) is 12.2. The smallest absolute Gasteiger partial charge is 0.0477 e. The molecule has 0 aliphatic carbocycles. The van der Waals surface area contributed by atoms with E-state index >= 15 is 0 Å².